The van der Waals surface area contributed by atoms with Crippen LogP contribution in [0.25, 0.3) is 16.8 Å². The van der Waals surface area contributed by atoms with Crippen LogP contribution in [0.4, 0.5) is 5.69 Å². The summed E-state index contributed by atoms with van der Waals surface area (Å²) >= 11 is 0. The zero-order valence-corrected chi connectivity index (χ0v) is 19.6. The van der Waals surface area contributed by atoms with Gasteiger partial charge in [-0.3, -0.25) is 9.69 Å². The van der Waals surface area contributed by atoms with Crippen molar-refractivity contribution >= 4 is 38.5 Å². The Morgan fingerprint density at radius 1 is 0.909 bits per heavy atom. The normalized spacial score (nSPS) is 15.8. The molecule has 0 radical (unpaired) electrons. The Hall–Kier alpha value is -3.00. The zero-order valence-electron chi connectivity index (χ0n) is 18.8. The van der Waals surface area contributed by atoms with Crippen molar-refractivity contribution in [1.82, 2.24) is 9.21 Å². The monoisotopic (exact) mass is 463 g/mol. The van der Waals surface area contributed by atoms with E-state index in [1.807, 2.05) is 89.5 Å². The van der Waals surface area contributed by atoms with Gasteiger partial charge in [0, 0.05) is 43.5 Å². The van der Waals surface area contributed by atoms with Crippen molar-refractivity contribution in [2.24, 2.45) is 0 Å². The van der Waals surface area contributed by atoms with Gasteiger partial charge in [-0.25, -0.2) is 8.42 Å². The Balaban J connectivity index is 1.38. The molecule has 1 amide bonds. The summed E-state index contributed by atoms with van der Waals surface area (Å²) in [6.45, 7) is 4.61. The van der Waals surface area contributed by atoms with Gasteiger partial charge in [0.25, 0.3) is 0 Å². The van der Waals surface area contributed by atoms with Crippen LogP contribution in [-0.2, 0) is 14.8 Å². The third kappa shape index (κ3) is 5.50. The molecule has 0 aliphatic carbocycles. The summed E-state index contributed by atoms with van der Waals surface area (Å²) in [6.07, 6.45) is 1.62. The van der Waals surface area contributed by atoms with Crippen LogP contribution in [0.2, 0.25) is 0 Å². The summed E-state index contributed by atoms with van der Waals surface area (Å²) in [4.78, 5) is 17.0. The lowest BCUT2D eigenvalue weighted by molar-refractivity contribution is -0.119. The van der Waals surface area contributed by atoms with E-state index in [0.717, 1.165) is 22.0 Å². The van der Waals surface area contributed by atoms with Crippen LogP contribution in [0, 0.1) is 0 Å². The first-order valence-electron chi connectivity index (χ1n) is 11.2. The van der Waals surface area contributed by atoms with Crippen LogP contribution < -0.4 is 4.90 Å². The molecule has 0 spiro atoms. The Labute approximate surface area is 195 Å². The van der Waals surface area contributed by atoms with Gasteiger partial charge in [-0.15, -0.1) is 0 Å². The number of carbonyl (C=O) groups excluding carboxylic acids is 1. The number of hydrogen-bond acceptors (Lipinski definition) is 4. The van der Waals surface area contributed by atoms with Crippen LogP contribution in [0.3, 0.4) is 0 Å². The molecule has 0 aromatic heterocycles. The summed E-state index contributed by atoms with van der Waals surface area (Å²) in [5, 5.41) is 3.42. The van der Waals surface area contributed by atoms with E-state index in [1.165, 1.54) is 9.71 Å². The molecule has 1 aliphatic heterocycles. The van der Waals surface area contributed by atoms with Gasteiger partial charge in [0.1, 0.15) is 0 Å². The number of likely N-dealkylation sites (N-methyl/N-ethyl adjacent to an activating group) is 1. The maximum absolute atomic E-state index is 13.2. The summed E-state index contributed by atoms with van der Waals surface area (Å²) < 4.78 is 26.9. The molecule has 0 bridgehead atoms. The third-order valence-electron chi connectivity index (χ3n) is 5.96. The van der Waals surface area contributed by atoms with Crippen LogP contribution in [0.15, 0.2) is 78.2 Å². The quantitative estimate of drug-likeness (QED) is 0.535. The first kappa shape index (κ1) is 23.2. The van der Waals surface area contributed by atoms with Crippen molar-refractivity contribution in [3.05, 3.63) is 83.8 Å². The largest absolute Gasteiger partial charge is 0.311 e. The van der Waals surface area contributed by atoms with Gasteiger partial charge in [-0.2, -0.15) is 4.31 Å². The molecule has 0 atom stereocenters. The number of hydrogen-bond donors (Lipinski definition) is 0. The van der Waals surface area contributed by atoms with Gasteiger partial charge in [0.05, 0.1) is 12.2 Å². The van der Waals surface area contributed by atoms with Gasteiger partial charge in [-0.05, 0) is 30.0 Å². The number of sulfonamides is 1. The lowest BCUT2D eigenvalue weighted by atomic mass is 10.1. The highest BCUT2D eigenvalue weighted by atomic mass is 32.2. The highest BCUT2D eigenvalue weighted by molar-refractivity contribution is 7.92. The lowest BCUT2D eigenvalue weighted by Gasteiger charge is -2.34. The predicted octanol–water partition coefficient (Wildman–Crippen LogP) is 3.81. The van der Waals surface area contributed by atoms with Gasteiger partial charge in [0.15, 0.2) is 0 Å². The summed E-state index contributed by atoms with van der Waals surface area (Å²) in [7, 11) is -3.49. The molecular weight excluding hydrogens is 434 g/mol. The first-order chi connectivity index (χ1) is 16.0. The van der Waals surface area contributed by atoms with E-state index in [4.69, 9.17) is 0 Å². The minimum absolute atomic E-state index is 0.0223. The van der Waals surface area contributed by atoms with E-state index >= 15 is 0 Å². The number of carbonyl (C=O) groups is 1. The fraction of sp³-hybridized carbons (Fsp3) is 0.269. The molecule has 1 heterocycles. The van der Waals surface area contributed by atoms with Crippen molar-refractivity contribution in [2.75, 3.05) is 44.2 Å². The fourth-order valence-corrected chi connectivity index (χ4v) is 5.33. The van der Waals surface area contributed by atoms with Crippen molar-refractivity contribution in [1.29, 1.82) is 0 Å². The molecule has 3 aromatic carbocycles. The fourth-order valence-electron chi connectivity index (χ4n) is 4.16. The summed E-state index contributed by atoms with van der Waals surface area (Å²) in [6, 6.07) is 23.4. The topological polar surface area (TPSA) is 60.9 Å². The van der Waals surface area contributed by atoms with Crippen molar-refractivity contribution < 1.29 is 13.2 Å². The minimum Gasteiger partial charge on any atom is -0.311 e. The Kier molecular flexibility index (Phi) is 7.23. The second-order valence-corrected chi connectivity index (χ2v) is 9.89. The average Bonchev–Trinajstić information content (AvgIpc) is 2.84. The highest BCUT2D eigenvalue weighted by Gasteiger charge is 2.27. The molecule has 4 rings (SSSR count). The first-order valence-corrected chi connectivity index (χ1v) is 12.7. The molecule has 0 saturated carbocycles. The summed E-state index contributed by atoms with van der Waals surface area (Å²) in [5.41, 5.74) is 1.76. The maximum atomic E-state index is 13.2. The van der Waals surface area contributed by atoms with Crippen LogP contribution in [0.1, 0.15) is 12.5 Å². The number of piperazine rings is 1. The van der Waals surface area contributed by atoms with Gasteiger partial charge in [-0.1, -0.05) is 66.7 Å². The van der Waals surface area contributed by atoms with E-state index in [-0.39, 0.29) is 12.5 Å². The molecule has 1 aliphatic rings. The molecular formula is C26H29N3O3S. The van der Waals surface area contributed by atoms with E-state index in [0.29, 0.717) is 32.7 Å². The predicted molar refractivity (Wildman–Crippen MR) is 134 cm³/mol. The minimum atomic E-state index is -3.49. The number of amides is 1. The smallest absolute Gasteiger partial charge is 0.241 e. The van der Waals surface area contributed by atoms with E-state index < -0.39 is 10.0 Å². The van der Waals surface area contributed by atoms with E-state index in [2.05, 4.69) is 0 Å². The van der Waals surface area contributed by atoms with Gasteiger partial charge >= 0.3 is 0 Å². The Morgan fingerprint density at radius 3 is 2.30 bits per heavy atom. The van der Waals surface area contributed by atoms with E-state index in [1.54, 1.807) is 6.08 Å². The third-order valence-corrected chi connectivity index (χ3v) is 7.52. The van der Waals surface area contributed by atoms with Crippen molar-refractivity contribution in [2.45, 2.75) is 6.92 Å². The molecule has 7 heteroatoms. The van der Waals surface area contributed by atoms with Gasteiger partial charge in [0.2, 0.25) is 15.9 Å². The number of benzene rings is 3. The molecule has 1 saturated heterocycles. The molecule has 0 N–H and O–H groups in total. The number of fused-ring (bicyclic) bond motifs is 1. The Bertz CT molecular complexity index is 1230. The maximum Gasteiger partial charge on any atom is 0.241 e. The van der Waals surface area contributed by atoms with Crippen molar-refractivity contribution in [3.63, 3.8) is 0 Å². The van der Waals surface area contributed by atoms with Crippen LogP contribution in [0.5, 0.6) is 0 Å². The molecule has 3 aromatic rings. The summed E-state index contributed by atoms with van der Waals surface area (Å²) in [5.74, 6) is 0.0223. The average molecular weight is 464 g/mol. The van der Waals surface area contributed by atoms with E-state index in [9.17, 15) is 13.2 Å². The standard InChI is InChI=1S/C26H29N3O3S/c1-2-29(25-14-8-12-23-11-6-7-13-24(23)25)26(30)21-27-16-18-28(19-17-27)33(31,32)20-15-22-9-4-3-5-10-22/h3-15,20H,2,16-19,21H2,1H3/b20-15+. The molecule has 6 nitrogen and oxygen atoms in total. The van der Waals surface area contributed by atoms with Crippen LogP contribution >= 0.6 is 0 Å². The molecule has 33 heavy (non-hydrogen) atoms. The SMILES string of the molecule is CCN(C(=O)CN1CCN(S(=O)(=O)/C=C/c2ccccc2)CC1)c1cccc2ccccc12. The highest BCUT2D eigenvalue weighted by Crippen LogP contribution is 2.27. The molecule has 0 unspecified atom stereocenters. The lowest BCUT2D eigenvalue weighted by Crippen LogP contribution is -2.51. The number of rotatable bonds is 7. The molecule has 1 fully saturated rings. The second kappa shape index (κ2) is 10.3. The molecule has 172 valence electrons. The Morgan fingerprint density at radius 2 is 1.58 bits per heavy atom. The second-order valence-electron chi connectivity index (χ2n) is 8.07. The van der Waals surface area contributed by atoms with Crippen molar-refractivity contribution in [3.8, 4) is 0 Å². The zero-order chi connectivity index (χ0) is 23.3. The van der Waals surface area contributed by atoms with Gasteiger partial charge < -0.3 is 4.90 Å². The number of anilines is 1. The number of nitrogens with zero attached hydrogens (tertiary/aromatic N) is 3. The van der Waals surface area contributed by atoms with Crippen LogP contribution in [-0.4, -0.2) is 62.8 Å².